The zero-order valence-corrected chi connectivity index (χ0v) is 11.4. The maximum atomic E-state index is 12.2. The summed E-state index contributed by atoms with van der Waals surface area (Å²) >= 11 is 12.0. The van der Waals surface area contributed by atoms with Crippen molar-refractivity contribution in [3.05, 3.63) is 28.2 Å². The Morgan fingerprint density at radius 1 is 1.41 bits per heavy atom. The summed E-state index contributed by atoms with van der Waals surface area (Å²) < 4.78 is 17.7. The highest BCUT2D eigenvalue weighted by atomic mass is 35.5. The van der Waals surface area contributed by atoms with Crippen LogP contribution in [0.4, 0.5) is 0 Å². The summed E-state index contributed by atoms with van der Waals surface area (Å²) in [6.07, 6.45) is -0.0445. The molecule has 0 bridgehead atoms. The van der Waals surface area contributed by atoms with Gasteiger partial charge in [-0.3, -0.25) is 4.21 Å². The maximum absolute atomic E-state index is 12.2. The molecular weight excluding hydrogens is 281 g/mol. The Kier molecular flexibility index (Phi) is 4.82. The lowest BCUT2D eigenvalue weighted by Crippen LogP contribution is -2.41. The third-order valence-electron chi connectivity index (χ3n) is 2.49. The molecule has 6 heteroatoms. The topological polar surface area (TPSA) is 38.3 Å². The Labute approximate surface area is 113 Å². The molecule has 1 saturated heterocycles. The normalized spacial score (nSPS) is 22.4. The van der Waals surface area contributed by atoms with E-state index in [9.17, 15) is 4.21 Å². The lowest BCUT2D eigenvalue weighted by atomic mass is 10.3. The quantitative estimate of drug-likeness (QED) is 0.927. The second-order valence-electron chi connectivity index (χ2n) is 3.76. The average Bonchev–Trinajstić information content (AvgIpc) is 2.30. The van der Waals surface area contributed by atoms with Crippen molar-refractivity contribution in [1.82, 2.24) is 5.32 Å². The molecule has 0 amide bonds. The van der Waals surface area contributed by atoms with Crippen LogP contribution < -0.4 is 5.32 Å². The van der Waals surface area contributed by atoms with Crippen molar-refractivity contribution in [2.24, 2.45) is 0 Å². The number of ether oxygens (including phenoxy) is 1. The molecule has 1 heterocycles. The molecule has 0 saturated carbocycles. The van der Waals surface area contributed by atoms with E-state index in [-0.39, 0.29) is 6.10 Å². The smallest absolute Gasteiger partial charge is 0.0818 e. The van der Waals surface area contributed by atoms with Crippen molar-refractivity contribution in [2.45, 2.75) is 11.0 Å². The zero-order valence-electron chi connectivity index (χ0n) is 9.12. The van der Waals surface area contributed by atoms with Gasteiger partial charge in [0.2, 0.25) is 0 Å². The van der Waals surface area contributed by atoms with E-state index in [0.717, 1.165) is 6.54 Å². The van der Waals surface area contributed by atoms with E-state index in [1.807, 2.05) is 0 Å². The predicted octanol–water partition coefficient (Wildman–Crippen LogP) is 2.09. The van der Waals surface area contributed by atoms with Crippen molar-refractivity contribution in [3.8, 4) is 0 Å². The van der Waals surface area contributed by atoms with Crippen molar-refractivity contribution in [3.63, 3.8) is 0 Å². The van der Waals surface area contributed by atoms with Gasteiger partial charge in [-0.2, -0.15) is 0 Å². The molecule has 0 aromatic heterocycles. The summed E-state index contributed by atoms with van der Waals surface area (Å²) in [5, 5.41) is 4.08. The molecule has 0 radical (unpaired) electrons. The predicted molar refractivity (Wildman–Crippen MR) is 70.3 cm³/mol. The van der Waals surface area contributed by atoms with Crippen LogP contribution in [0.2, 0.25) is 10.0 Å². The standard InChI is InChI=1S/C11H13Cl2NO2S/c12-9-2-1-3-10(13)11(9)17(15)7-8-6-14-4-5-16-8/h1-3,8,14H,4-7H2. The molecule has 17 heavy (non-hydrogen) atoms. The number of nitrogens with one attached hydrogen (secondary N) is 1. The Hall–Kier alpha value is -0.130. The summed E-state index contributed by atoms with van der Waals surface area (Å²) in [5.41, 5.74) is 0. The second-order valence-corrected chi connectivity index (χ2v) is 6.01. The Morgan fingerprint density at radius 3 is 2.71 bits per heavy atom. The van der Waals surface area contributed by atoms with Gasteiger partial charge < -0.3 is 10.1 Å². The van der Waals surface area contributed by atoms with Gasteiger partial charge in [0.1, 0.15) is 0 Å². The van der Waals surface area contributed by atoms with Crippen LogP contribution in [-0.2, 0) is 15.5 Å². The van der Waals surface area contributed by atoms with Gasteiger partial charge in [-0.05, 0) is 12.1 Å². The number of hydrogen-bond acceptors (Lipinski definition) is 3. The van der Waals surface area contributed by atoms with Gasteiger partial charge in [-0.1, -0.05) is 29.3 Å². The van der Waals surface area contributed by atoms with E-state index in [1.165, 1.54) is 0 Å². The Bertz CT molecular complexity index is 402. The van der Waals surface area contributed by atoms with Crippen molar-refractivity contribution < 1.29 is 8.95 Å². The minimum absolute atomic E-state index is 0.0445. The molecule has 94 valence electrons. The first-order chi connectivity index (χ1) is 8.18. The fourth-order valence-electron chi connectivity index (χ4n) is 1.68. The maximum Gasteiger partial charge on any atom is 0.0818 e. The largest absolute Gasteiger partial charge is 0.375 e. The first-order valence-electron chi connectivity index (χ1n) is 5.33. The lowest BCUT2D eigenvalue weighted by molar-refractivity contribution is 0.0435. The van der Waals surface area contributed by atoms with Crippen LogP contribution in [0.15, 0.2) is 23.1 Å². The van der Waals surface area contributed by atoms with E-state index < -0.39 is 10.8 Å². The number of halogens is 2. The highest BCUT2D eigenvalue weighted by Crippen LogP contribution is 2.28. The molecule has 1 aliphatic heterocycles. The molecule has 2 unspecified atom stereocenters. The number of benzene rings is 1. The van der Waals surface area contributed by atoms with Gasteiger partial charge in [0.05, 0.1) is 44.2 Å². The van der Waals surface area contributed by atoms with Gasteiger partial charge in [0.15, 0.2) is 0 Å². The highest BCUT2D eigenvalue weighted by molar-refractivity contribution is 7.85. The molecule has 1 aromatic carbocycles. The molecular formula is C11H13Cl2NO2S. The molecule has 1 aliphatic rings. The Balaban J connectivity index is 2.08. The molecule has 1 aromatic rings. The van der Waals surface area contributed by atoms with E-state index in [2.05, 4.69) is 5.32 Å². The summed E-state index contributed by atoms with van der Waals surface area (Å²) in [6, 6.07) is 5.13. The van der Waals surface area contributed by atoms with Crippen molar-refractivity contribution in [1.29, 1.82) is 0 Å². The third kappa shape index (κ3) is 3.42. The molecule has 1 fully saturated rings. The summed E-state index contributed by atoms with van der Waals surface area (Å²) in [4.78, 5) is 0.505. The van der Waals surface area contributed by atoms with E-state index >= 15 is 0 Å². The van der Waals surface area contributed by atoms with Crippen LogP contribution in [0.3, 0.4) is 0 Å². The van der Waals surface area contributed by atoms with Gasteiger partial charge in [-0.25, -0.2) is 0 Å². The highest BCUT2D eigenvalue weighted by Gasteiger charge is 2.20. The van der Waals surface area contributed by atoms with Crippen LogP contribution in [0.1, 0.15) is 0 Å². The van der Waals surface area contributed by atoms with Gasteiger partial charge >= 0.3 is 0 Å². The van der Waals surface area contributed by atoms with Crippen LogP contribution in [0.25, 0.3) is 0 Å². The molecule has 2 rings (SSSR count). The molecule has 0 aliphatic carbocycles. The van der Waals surface area contributed by atoms with Gasteiger partial charge in [0.25, 0.3) is 0 Å². The fourth-order valence-corrected chi connectivity index (χ4v) is 3.88. The summed E-state index contributed by atoms with van der Waals surface area (Å²) in [7, 11) is -1.23. The van der Waals surface area contributed by atoms with Gasteiger partial charge in [-0.15, -0.1) is 0 Å². The average molecular weight is 294 g/mol. The zero-order chi connectivity index (χ0) is 12.3. The number of hydrogen-bond donors (Lipinski definition) is 1. The number of morpholine rings is 1. The minimum atomic E-state index is -1.23. The molecule has 0 spiro atoms. The SMILES string of the molecule is O=S(CC1CNCCO1)c1c(Cl)cccc1Cl. The summed E-state index contributed by atoms with van der Waals surface area (Å²) in [5.74, 6) is 0.413. The third-order valence-corrected chi connectivity index (χ3v) is 4.91. The molecule has 2 atom stereocenters. The monoisotopic (exact) mass is 293 g/mol. The molecule has 1 N–H and O–H groups in total. The fraction of sp³-hybridized carbons (Fsp3) is 0.455. The van der Waals surface area contributed by atoms with Crippen LogP contribution in [0.5, 0.6) is 0 Å². The van der Waals surface area contributed by atoms with Crippen LogP contribution in [0, 0.1) is 0 Å². The first kappa shape index (κ1) is 13.3. The van der Waals surface area contributed by atoms with Crippen molar-refractivity contribution in [2.75, 3.05) is 25.4 Å². The van der Waals surface area contributed by atoms with E-state index in [1.54, 1.807) is 18.2 Å². The lowest BCUT2D eigenvalue weighted by Gasteiger charge is -2.23. The summed E-state index contributed by atoms with van der Waals surface area (Å²) in [6.45, 7) is 2.21. The number of rotatable bonds is 3. The van der Waals surface area contributed by atoms with Gasteiger partial charge in [0, 0.05) is 13.1 Å². The first-order valence-corrected chi connectivity index (χ1v) is 7.40. The van der Waals surface area contributed by atoms with Crippen LogP contribution in [-0.4, -0.2) is 35.8 Å². The molecule has 3 nitrogen and oxygen atoms in total. The van der Waals surface area contributed by atoms with E-state index in [0.29, 0.717) is 33.8 Å². The Morgan fingerprint density at radius 2 is 2.12 bits per heavy atom. The van der Waals surface area contributed by atoms with E-state index in [4.69, 9.17) is 27.9 Å². The minimum Gasteiger partial charge on any atom is -0.375 e. The van der Waals surface area contributed by atoms with Crippen molar-refractivity contribution >= 4 is 34.0 Å². The van der Waals surface area contributed by atoms with Crippen LogP contribution >= 0.6 is 23.2 Å². The second kappa shape index (κ2) is 6.16.